The number of rotatable bonds is 6. The Kier molecular flexibility index (Phi) is 5.64. The van der Waals surface area contributed by atoms with Crippen LogP contribution >= 0.6 is 23.1 Å². The number of likely N-dealkylation sites (N-methyl/N-ethyl adjacent to an activating group) is 1. The third-order valence-corrected chi connectivity index (χ3v) is 8.37. The Labute approximate surface area is 182 Å². The summed E-state index contributed by atoms with van der Waals surface area (Å²) < 4.78 is 0.742. The molecule has 2 amide bonds. The highest BCUT2D eigenvalue weighted by Gasteiger charge is 2.60. The zero-order chi connectivity index (χ0) is 21.7. The minimum Gasteiger partial charge on any atom is -0.477 e. The van der Waals surface area contributed by atoms with Crippen LogP contribution in [0.15, 0.2) is 14.9 Å². The lowest BCUT2D eigenvalue weighted by molar-refractivity contribution is -0.163. The number of thioether (sulfide) groups is 1. The Balaban J connectivity index is 1.56. The van der Waals surface area contributed by atoms with Crippen LogP contribution < -0.4 is 5.32 Å². The fraction of sp³-hybridized carbons (Fsp3) is 0.579. The molecule has 0 spiro atoms. The summed E-state index contributed by atoms with van der Waals surface area (Å²) in [6, 6.07) is -0.330. The Morgan fingerprint density at radius 2 is 2.17 bits per heavy atom. The van der Waals surface area contributed by atoms with Crippen LogP contribution in [0.3, 0.4) is 0 Å². The number of amides is 2. The van der Waals surface area contributed by atoms with Gasteiger partial charge in [0.2, 0.25) is 11.8 Å². The number of carboxylic acids is 1. The van der Waals surface area contributed by atoms with E-state index < -0.39 is 18.0 Å². The molecule has 3 N–H and O–H groups in total. The average Bonchev–Trinajstić information content (AvgIpc) is 3.18. The van der Waals surface area contributed by atoms with Crippen molar-refractivity contribution in [2.75, 3.05) is 20.1 Å². The van der Waals surface area contributed by atoms with Crippen molar-refractivity contribution in [3.05, 3.63) is 21.2 Å². The second-order valence-corrected chi connectivity index (χ2v) is 10.2. The molecule has 162 valence electrons. The Morgan fingerprint density at radius 1 is 1.43 bits per heavy atom. The molecule has 4 rings (SSSR count). The van der Waals surface area contributed by atoms with Crippen LogP contribution in [0.2, 0.25) is 0 Å². The number of hydrogen-bond donors (Lipinski definition) is 3. The quantitative estimate of drug-likeness (QED) is 0.533. The molecule has 3 aliphatic rings. The van der Waals surface area contributed by atoms with E-state index in [2.05, 4.69) is 10.2 Å². The second kappa shape index (κ2) is 7.95. The molecule has 3 aliphatic heterocycles. The summed E-state index contributed by atoms with van der Waals surface area (Å²) in [5.41, 5.74) is 0.994. The van der Waals surface area contributed by atoms with Gasteiger partial charge in [0, 0.05) is 42.3 Å². The molecule has 0 aromatic carbocycles. The van der Waals surface area contributed by atoms with E-state index in [0.29, 0.717) is 18.0 Å². The Morgan fingerprint density at radius 3 is 2.80 bits per heavy atom. The van der Waals surface area contributed by atoms with Crippen molar-refractivity contribution in [2.24, 2.45) is 11.8 Å². The first kappa shape index (κ1) is 21.3. The molecule has 4 unspecified atom stereocenters. The van der Waals surface area contributed by atoms with Gasteiger partial charge in [0.15, 0.2) is 4.34 Å². The van der Waals surface area contributed by atoms with Gasteiger partial charge in [0.05, 0.1) is 30.3 Å². The number of carbonyl (C=O) groups excluding carboxylic acids is 2. The number of carboxylic acid groups (broad SMARTS) is 1. The van der Waals surface area contributed by atoms with Gasteiger partial charge in [-0.05, 0) is 6.92 Å². The van der Waals surface area contributed by atoms with Gasteiger partial charge in [0.25, 0.3) is 0 Å². The van der Waals surface area contributed by atoms with E-state index in [1.165, 1.54) is 28.0 Å². The number of aliphatic hydroxyl groups excluding tert-OH is 1. The Bertz CT molecular complexity index is 943. The second-order valence-electron chi connectivity index (χ2n) is 7.86. The molecule has 4 heterocycles. The van der Waals surface area contributed by atoms with E-state index in [-0.39, 0.29) is 29.5 Å². The number of carbonyl (C=O) groups is 3. The summed E-state index contributed by atoms with van der Waals surface area (Å²) in [4.78, 5) is 45.8. The van der Waals surface area contributed by atoms with Gasteiger partial charge in [-0.2, -0.15) is 0 Å². The van der Waals surface area contributed by atoms with E-state index in [4.69, 9.17) is 4.98 Å². The molecule has 1 aromatic heterocycles. The van der Waals surface area contributed by atoms with Gasteiger partial charge in [0.1, 0.15) is 5.70 Å². The summed E-state index contributed by atoms with van der Waals surface area (Å²) in [5.74, 6) is -2.27. The lowest BCUT2D eigenvalue weighted by Gasteiger charge is -2.46. The van der Waals surface area contributed by atoms with Gasteiger partial charge in [-0.25, -0.2) is 9.78 Å². The van der Waals surface area contributed by atoms with Crippen molar-refractivity contribution in [1.29, 1.82) is 0 Å². The van der Waals surface area contributed by atoms with Crippen molar-refractivity contribution in [3.63, 3.8) is 0 Å². The first-order valence-electron chi connectivity index (χ1n) is 9.80. The van der Waals surface area contributed by atoms with Gasteiger partial charge in [-0.15, -0.1) is 11.3 Å². The number of nitrogens with one attached hydrogen (secondary N) is 1. The first-order valence-corrected chi connectivity index (χ1v) is 11.4. The number of fused-ring (bicyclic) bond motifs is 2. The molecular weight excluding hydrogens is 428 g/mol. The summed E-state index contributed by atoms with van der Waals surface area (Å²) >= 11 is 2.81. The molecule has 0 aliphatic carbocycles. The van der Waals surface area contributed by atoms with Crippen molar-refractivity contribution in [2.45, 2.75) is 43.3 Å². The van der Waals surface area contributed by atoms with Crippen LogP contribution in [0.1, 0.15) is 24.4 Å². The maximum atomic E-state index is 12.5. The van der Waals surface area contributed by atoms with Crippen LogP contribution in [0.25, 0.3) is 0 Å². The predicted octanol–water partition coefficient (Wildman–Crippen LogP) is 0.493. The van der Waals surface area contributed by atoms with E-state index in [1.807, 2.05) is 6.92 Å². The largest absolute Gasteiger partial charge is 0.477 e. The molecular formula is C19H24N4O5S2. The van der Waals surface area contributed by atoms with Crippen molar-refractivity contribution < 1.29 is 24.6 Å². The van der Waals surface area contributed by atoms with Crippen LogP contribution in [0, 0.1) is 11.8 Å². The molecule has 0 saturated carbocycles. The number of β-lactam (4-membered cyclic amide) rings is 1. The minimum absolute atomic E-state index is 0.00816. The number of aromatic nitrogens is 1. The lowest BCUT2D eigenvalue weighted by atomic mass is 9.79. The molecule has 0 bridgehead atoms. The highest BCUT2D eigenvalue weighted by Crippen LogP contribution is 2.52. The molecule has 1 saturated heterocycles. The third kappa shape index (κ3) is 3.43. The highest BCUT2D eigenvalue weighted by atomic mass is 32.2. The monoisotopic (exact) mass is 452 g/mol. The van der Waals surface area contributed by atoms with Crippen LogP contribution in [0.4, 0.5) is 0 Å². The smallest absolute Gasteiger partial charge is 0.353 e. The van der Waals surface area contributed by atoms with Gasteiger partial charge < -0.3 is 20.4 Å². The fourth-order valence-electron chi connectivity index (χ4n) is 4.44. The van der Waals surface area contributed by atoms with E-state index >= 15 is 0 Å². The van der Waals surface area contributed by atoms with E-state index in [9.17, 15) is 24.6 Å². The van der Waals surface area contributed by atoms with Crippen molar-refractivity contribution >= 4 is 40.9 Å². The number of nitrogens with zero attached hydrogens (tertiary/aromatic N) is 3. The average molecular weight is 453 g/mol. The first-order chi connectivity index (χ1) is 14.2. The zero-order valence-corrected chi connectivity index (χ0v) is 18.5. The maximum absolute atomic E-state index is 12.5. The molecule has 9 nitrogen and oxygen atoms in total. The molecule has 1 fully saturated rings. The summed E-state index contributed by atoms with van der Waals surface area (Å²) in [6.45, 7) is 5.18. The topological polar surface area (TPSA) is 123 Å². The van der Waals surface area contributed by atoms with Crippen LogP contribution in [-0.2, 0) is 27.3 Å². The molecule has 30 heavy (non-hydrogen) atoms. The number of hydrogen-bond acceptors (Lipinski definition) is 8. The van der Waals surface area contributed by atoms with Gasteiger partial charge >= 0.3 is 5.97 Å². The lowest BCUT2D eigenvalue weighted by Crippen LogP contribution is -2.63. The predicted molar refractivity (Wildman–Crippen MR) is 111 cm³/mol. The zero-order valence-electron chi connectivity index (χ0n) is 16.9. The maximum Gasteiger partial charge on any atom is 0.353 e. The third-order valence-electron chi connectivity index (χ3n) is 5.95. The van der Waals surface area contributed by atoms with Crippen molar-refractivity contribution in [3.8, 4) is 0 Å². The van der Waals surface area contributed by atoms with Gasteiger partial charge in [-0.1, -0.05) is 18.7 Å². The standard InChI is InChI=1S/C19H24N4O5S2/c1-8-14-13(9(2)24)17(26)23(14)15(18(27)28)16(8)30-19-21-10-4-5-22(6-11(10)29-19)7-12(25)20-3/h8-9,13-14,24H,4-7H2,1-3H3,(H,20,25)(H,27,28). The summed E-state index contributed by atoms with van der Waals surface area (Å²) in [7, 11) is 1.62. The molecule has 4 atom stereocenters. The molecule has 1 aromatic rings. The molecule has 0 radical (unpaired) electrons. The summed E-state index contributed by atoms with van der Waals surface area (Å²) in [5, 5.41) is 22.3. The van der Waals surface area contributed by atoms with Crippen molar-refractivity contribution in [1.82, 2.24) is 20.1 Å². The number of thiazole rings is 1. The van der Waals surface area contributed by atoms with E-state index in [0.717, 1.165) is 27.9 Å². The minimum atomic E-state index is -1.14. The van der Waals surface area contributed by atoms with Gasteiger partial charge in [-0.3, -0.25) is 14.5 Å². The number of aliphatic carboxylic acids is 1. The molecule has 11 heteroatoms. The van der Waals surface area contributed by atoms with Crippen LogP contribution in [-0.4, -0.2) is 75.1 Å². The van der Waals surface area contributed by atoms with Crippen LogP contribution in [0.5, 0.6) is 0 Å². The summed E-state index contributed by atoms with van der Waals surface area (Å²) in [6.07, 6.45) is -0.0831. The highest BCUT2D eigenvalue weighted by molar-refractivity contribution is 8.04. The fourth-order valence-corrected chi connectivity index (χ4v) is 7.00. The normalized spacial score (nSPS) is 26.9. The SMILES string of the molecule is CNC(=O)CN1CCc2nc(SC3=C(C(=O)O)N4C(=O)C(C(C)O)C4C3C)sc2C1. The Hall–Kier alpha value is -1.95. The van der Waals surface area contributed by atoms with E-state index in [1.54, 1.807) is 14.0 Å². The number of aliphatic hydroxyl groups is 1.